The van der Waals surface area contributed by atoms with Crippen LogP contribution in [0.5, 0.6) is 0 Å². The number of nitrogens with zero attached hydrogens (tertiary/aromatic N) is 3. The number of aryl methyl sites for hydroxylation is 1. The minimum atomic E-state index is -0.170. The number of unbranched alkanes of at least 4 members (excludes halogenated alkanes) is 1. The molecule has 4 heteroatoms. The number of aromatic nitrogens is 2. The van der Waals surface area contributed by atoms with Gasteiger partial charge in [-0.25, -0.2) is 4.39 Å². The molecule has 2 aromatic carbocycles. The van der Waals surface area contributed by atoms with E-state index in [1.807, 2.05) is 18.2 Å². The van der Waals surface area contributed by atoms with Gasteiger partial charge in [0.25, 0.3) is 0 Å². The summed E-state index contributed by atoms with van der Waals surface area (Å²) < 4.78 is 15.1. The van der Waals surface area contributed by atoms with E-state index in [1.54, 1.807) is 12.1 Å². The second-order valence-electron chi connectivity index (χ2n) is 6.94. The molecule has 3 aromatic rings. The average Bonchev–Trinajstić information content (AvgIpc) is 3.09. The van der Waals surface area contributed by atoms with Crippen LogP contribution in [0.2, 0.25) is 0 Å². The van der Waals surface area contributed by atoms with E-state index in [0.29, 0.717) is 0 Å². The Labute approximate surface area is 153 Å². The van der Waals surface area contributed by atoms with Gasteiger partial charge in [-0.05, 0) is 55.1 Å². The lowest BCUT2D eigenvalue weighted by Crippen LogP contribution is -2.29. The Hall–Kier alpha value is -2.46. The lowest BCUT2D eigenvalue weighted by atomic mass is 9.99. The Morgan fingerprint density at radius 2 is 1.77 bits per heavy atom. The summed E-state index contributed by atoms with van der Waals surface area (Å²) in [6.07, 6.45) is 7.77. The highest BCUT2D eigenvalue weighted by Crippen LogP contribution is 2.22. The molecule has 0 N–H and O–H groups in total. The summed E-state index contributed by atoms with van der Waals surface area (Å²) >= 11 is 0. The van der Waals surface area contributed by atoms with Gasteiger partial charge in [0.1, 0.15) is 5.82 Å². The molecule has 0 fully saturated rings. The molecule has 0 saturated heterocycles. The molecule has 1 aliphatic heterocycles. The Morgan fingerprint density at radius 3 is 2.54 bits per heavy atom. The zero-order valence-corrected chi connectivity index (χ0v) is 14.9. The second kappa shape index (κ2) is 7.83. The summed E-state index contributed by atoms with van der Waals surface area (Å²) in [5.41, 5.74) is 3.56. The fourth-order valence-electron chi connectivity index (χ4n) is 3.58. The van der Waals surface area contributed by atoms with Crippen LogP contribution in [0.3, 0.4) is 0 Å². The molecule has 0 radical (unpaired) electrons. The van der Waals surface area contributed by atoms with Gasteiger partial charge in [0, 0.05) is 31.2 Å². The standard InChI is InChI=1S/C22H24FN3/c23-21-9-7-18(8-10-21)19-11-15-25(16-12-19)13-3-4-14-26-17-20-5-1-2-6-22(20)24-26/h1-2,5-11,17H,3-4,12-16H2. The van der Waals surface area contributed by atoms with Gasteiger partial charge in [-0.3, -0.25) is 9.58 Å². The lowest BCUT2D eigenvalue weighted by molar-refractivity contribution is 0.291. The number of hydrogen-bond acceptors (Lipinski definition) is 2. The van der Waals surface area contributed by atoms with Gasteiger partial charge in [-0.1, -0.05) is 36.4 Å². The van der Waals surface area contributed by atoms with Gasteiger partial charge in [-0.2, -0.15) is 5.10 Å². The van der Waals surface area contributed by atoms with E-state index in [2.05, 4.69) is 45.2 Å². The van der Waals surface area contributed by atoms with Crippen molar-refractivity contribution in [2.24, 2.45) is 0 Å². The Kier molecular flexibility index (Phi) is 5.12. The number of rotatable bonds is 6. The summed E-state index contributed by atoms with van der Waals surface area (Å²) in [4.78, 5) is 2.49. The van der Waals surface area contributed by atoms with Crippen molar-refractivity contribution in [1.82, 2.24) is 14.7 Å². The predicted molar refractivity (Wildman–Crippen MR) is 104 cm³/mol. The summed E-state index contributed by atoms with van der Waals surface area (Å²) in [5, 5.41) is 5.82. The first kappa shape index (κ1) is 17.0. The highest BCUT2D eigenvalue weighted by Gasteiger charge is 2.12. The van der Waals surface area contributed by atoms with Gasteiger partial charge in [0.2, 0.25) is 0 Å². The van der Waals surface area contributed by atoms with Crippen molar-refractivity contribution in [2.45, 2.75) is 25.8 Å². The van der Waals surface area contributed by atoms with E-state index >= 15 is 0 Å². The molecular weight excluding hydrogens is 325 g/mol. The maximum atomic E-state index is 13.0. The van der Waals surface area contributed by atoms with Gasteiger partial charge in [-0.15, -0.1) is 0 Å². The maximum Gasteiger partial charge on any atom is 0.123 e. The molecule has 0 bridgehead atoms. The maximum absolute atomic E-state index is 13.0. The highest BCUT2D eigenvalue weighted by molar-refractivity contribution is 5.77. The van der Waals surface area contributed by atoms with Crippen LogP contribution < -0.4 is 0 Å². The fraction of sp³-hybridized carbons (Fsp3) is 0.318. The number of benzene rings is 2. The first-order chi connectivity index (χ1) is 12.8. The number of fused-ring (bicyclic) bond motifs is 1. The van der Waals surface area contributed by atoms with E-state index < -0.39 is 0 Å². The molecule has 0 aliphatic carbocycles. The lowest BCUT2D eigenvalue weighted by Gasteiger charge is -2.26. The van der Waals surface area contributed by atoms with Crippen LogP contribution in [0.15, 0.2) is 60.8 Å². The molecule has 0 amide bonds. The third-order valence-electron chi connectivity index (χ3n) is 5.08. The molecule has 0 spiro atoms. The highest BCUT2D eigenvalue weighted by atomic mass is 19.1. The van der Waals surface area contributed by atoms with Gasteiger partial charge in [0.15, 0.2) is 0 Å². The molecule has 0 atom stereocenters. The topological polar surface area (TPSA) is 21.1 Å². The quantitative estimate of drug-likeness (QED) is 0.599. The average molecular weight is 349 g/mol. The van der Waals surface area contributed by atoms with E-state index in [1.165, 1.54) is 17.4 Å². The molecule has 0 unspecified atom stereocenters. The summed E-state index contributed by atoms with van der Waals surface area (Å²) in [6.45, 7) is 4.15. The van der Waals surface area contributed by atoms with Crippen molar-refractivity contribution in [3.05, 3.63) is 72.2 Å². The minimum Gasteiger partial charge on any atom is -0.299 e. The SMILES string of the molecule is Fc1ccc(C2=CCN(CCCCn3cc4ccccc4n3)CC2)cc1. The smallest absolute Gasteiger partial charge is 0.123 e. The summed E-state index contributed by atoms with van der Waals surface area (Å²) in [7, 11) is 0. The molecule has 0 saturated carbocycles. The molecule has 1 aromatic heterocycles. The van der Waals surface area contributed by atoms with Gasteiger partial charge in [0.05, 0.1) is 5.52 Å². The minimum absolute atomic E-state index is 0.170. The number of halogens is 1. The van der Waals surface area contributed by atoms with Crippen LogP contribution in [0, 0.1) is 5.82 Å². The summed E-state index contributed by atoms with van der Waals surface area (Å²) in [6, 6.07) is 15.1. The molecule has 134 valence electrons. The molecule has 2 heterocycles. The normalized spacial score (nSPS) is 15.3. The third kappa shape index (κ3) is 4.02. The molecule has 1 aliphatic rings. The van der Waals surface area contributed by atoms with Crippen molar-refractivity contribution < 1.29 is 4.39 Å². The van der Waals surface area contributed by atoms with Crippen LogP contribution in [0.4, 0.5) is 4.39 Å². The Morgan fingerprint density at radius 1 is 0.962 bits per heavy atom. The first-order valence-electron chi connectivity index (χ1n) is 9.37. The molecule has 4 rings (SSSR count). The third-order valence-corrected chi connectivity index (χ3v) is 5.08. The summed E-state index contributed by atoms with van der Waals surface area (Å²) in [5.74, 6) is -0.170. The van der Waals surface area contributed by atoms with Crippen LogP contribution in [0.1, 0.15) is 24.8 Å². The van der Waals surface area contributed by atoms with Crippen LogP contribution in [0.25, 0.3) is 16.5 Å². The zero-order valence-electron chi connectivity index (χ0n) is 14.9. The van der Waals surface area contributed by atoms with Crippen molar-refractivity contribution in [3.8, 4) is 0 Å². The van der Waals surface area contributed by atoms with Gasteiger partial charge < -0.3 is 0 Å². The van der Waals surface area contributed by atoms with Crippen molar-refractivity contribution in [1.29, 1.82) is 0 Å². The Balaban J connectivity index is 1.23. The van der Waals surface area contributed by atoms with E-state index in [9.17, 15) is 4.39 Å². The molecular formula is C22H24FN3. The number of hydrogen-bond donors (Lipinski definition) is 0. The van der Waals surface area contributed by atoms with E-state index in [-0.39, 0.29) is 5.82 Å². The zero-order chi connectivity index (χ0) is 17.8. The Bertz CT molecular complexity index is 862. The van der Waals surface area contributed by atoms with Crippen LogP contribution in [-0.2, 0) is 6.54 Å². The van der Waals surface area contributed by atoms with Crippen LogP contribution >= 0.6 is 0 Å². The van der Waals surface area contributed by atoms with Gasteiger partial charge >= 0.3 is 0 Å². The van der Waals surface area contributed by atoms with Crippen molar-refractivity contribution >= 4 is 16.5 Å². The van der Waals surface area contributed by atoms with E-state index in [4.69, 9.17) is 0 Å². The second-order valence-corrected chi connectivity index (χ2v) is 6.94. The fourth-order valence-corrected chi connectivity index (χ4v) is 3.58. The largest absolute Gasteiger partial charge is 0.299 e. The molecule has 3 nitrogen and oxygen atoms in total. The van der Waals surface area contributed by atoms with E-state index in [0.717, 1.165) is 50.1 Å². The first-order valence-corrected chi connectivity index (χ1v) is 9.37. The van der Waals surface area contributed by atoms with Crippen molar-refractivity contribution in [2.75, 3.05) is 19.6 Å². The monoisotopic (exact) mass is 349 g/mol. The van der Waals surface area contributed by atoms with Crippen LogP contribution in [-0.4, -0.2) is 34.3 Å². The molecule has 26 heavy (non-hydrogen) atoms. The van der Waals surface area contributed by atoms with Crippen molar-refractivity contribution in [3.63, 3.8) is 0 Å². The predicted octanol–water partition coefficient (Wildman–Crippen LogP) is 4.74.